The van der Waals surface area contributed by atoms with E-state index in [2.05, 4.69) is 25.8 Å². The summed E-state index contributed by atoms with van der Waals surface area (Å²) in [5, 5.41) is 14.0. The fraction of sp³-hybridized carbons (Fsp3) is 0.167. The molecule has 1 heterocycles. The Kier molecular flexibility index (Phi) is 5.03. The topological polar surface area (TPSA) is 66.0 Å². The number of rotatable bonds is 6. The number of anilines is 4. The van der Waals surface area contributed by atoms with Crippen LogP contribution in [0.3, 0.4) is 0 Å². The van der Waals surface area contributed by atoms with Gasteiger partial charge < -0.3 is 15.5 Å². The van der Waals surface area contributed by atoms with E-state index in [0.717, 1.165) is 11.4 Å². The zero-order valence-corrected chi connectivity index (χ0v) is 14.1. The van der Waals surface area contributed by atoms with Crippen molar-refractivity contribution in [2.45, 2.75) is 6.54 Å². The number of benzene rings is 2. The molecule has 0 aliphatic heterocycles. The molecule has 0 saturated carbocycles. The first-order chi connectivity index (χ1) is 12.1. The van der Waals surface area contributed by atoms with Gasteiger partial charge in [-0.15, -0.1) is 5.10 Å². The molecule has 0 spiro atoms. The Morgan fingerprint density at radius 2 is 1.80 bits per heavy atom. The number of hydrogen-bond acceptors (Lipinski definition) is 6. The molecule has 0 saturated heterocycles. The number of nitrogens with one attached hydrogen (secondary N) is 2. The van der Waals surface area contributed by atoms with E-state index in [4.69, 9.17) is 0 Å². The van der Waals surface area contributed by atoms with Gasteiger partial charge in [-0.2, -0.15) is 10.1 Å². The van der Waals surface area contributed by atoms with Gasteiger partial charge in [0.15, 0.2) is 5.82 Å². The van der Waals surface area contributed by atoms with Gasteiger partial charge in [0, 0.05) is 37.6 Å². The highest BCUT2D eigenvalue weighted by Crippen LogP contribution is 2.19. The van der Waals surface area contributed by atoms with Crippen LogP contribution in [0.15, 0.2) is 54.7 Å². The van der Waals surface area contributed by atoms with Gasteiger partial charge in [0.2, 0.25) is 5.95 Å². The van der Waals surface area contributed by atoms with E-state index in [-0.39, 0.29) is 12.4 Å². The second kappa shape index (κ2) is 7.57. The Bertz CT molecular complexity index is 835. The third-order valence-corrected chi connectivity index (χ3v) is 3.61. The lowest BCUT2D eigenvalue weighted by Gasteiger charge is -2.13. The van der Waals surface area contributed by atoms with Crippen LogP contribution in [0.25, 0.3) is 0 Å². The molecule has 128 valence electrons. The summed E-state index contributed by atoms with van der Waals surface area (Å²) in [4.78, 5) is 6.37. The number of aromatic nitrogens is 3. The molecule has 2 N–H and O–H groups in total. The number of halogens is 1. The third kappa shape index (κ3) is 4.41. The van der Waals surface area contributed by atoms with Crippen molar-refractivity contribution in [1.82, 2.24) is 15.2 Å². The third-order valence-electron chi connectivity index (χ3n) is 3.61. The monoisotopic (exact) mass is 338 g/mol. The molecule has 7 heteroatoms. The molecule has 3 rings (SSSR count). The van der Waals surface area contributed by atoms with Gasteiger partial charge in [0.1, 0.15) is 5.82 Å². The summed E-state index contributed by atoms with van der Waals surface area (Å²) < 4.78 is 13.6. The molecule has 1 aromatic heterocycles. The highest BCUT2D eigenvalue weighted by atomic mass is 19.1. The summed E-state index contributed by atoms with van der Waals surface area (Å²) >= 11 is 0. The van der Waals surface area contributed by atoms with Crippen LogP contribution in [0.4, 0.5) is 27.5 Å². The van der Waals surface area contributed by atoms with Gasteiger partial charge in [-0.05, 0) is 30.3 Å². The van der Waals surface area contributed by atoms with Crippen molar-refractivity contribution in [2.75, 3.05) is 29.6 Å². The molecule has 0 fully saturated rings. The lowest BCUT2D eigenvalue weighted by Crippen LogP contribution is -2.08. The highest BCUT2D eigenvalue weighted by Gasteiger charge is 2.04. The van der Waals surface area contributed by atoms with E-state index in [0.29, 0.717) is 17.3 Å². The second-order valence-corrected chi connectivity index (χ2v) is 5.68. The summed E-state index contributed by atoms with van der Waals surface area (Å²) in [7, 11) is 3.98. The summed E-state index contributed by atoms with van der Waals surface area (Å²) in [6.07, 6.45) is 1.54. The molecular formula is C18H19FN6. The van der Waals surface area contributed by atoms with Crippen LogP contribution in [0.5, 0.6) is 0 Å². The van der Waals surface area contributed by atoms with Crippen LogP contribution in [0.1, 0.15) is 5.56 Å². The van der Waals surface area contributed by atoms with Crippen molar-refractivity contribution in [1.29, 1.82) is 0 Å². The fourth-order valence-corrected chi connectivity index (χ4v) is 2.25. The maximum Gasteiger partial charge on any atom is 0.244 e. The molecule has 3 aromatic rings. The first kappa shape index (κ1) is 16.6. The van der Waals surface area contributed by atoms with E-state index in [1.165, 1.54) is 12.3 Å². The molecule has 0 amide bonds. The van der Waals surface area contributed by atoms with Gasteiger partial charge >= 0.3 is 0 Å². The van der Waals surface area contributed by atoms with Crippen molar-refractivity contribution in [3.05, 3.63) is 66.1 Å². The summed E-state index contributed by atoms with van der Waals surface area (Å²) in [5.74, 6) is 0.625. The maximum absolute atomic E-state index is 13.6. The van der Waals surface area contributed by atoms with E-state index in [1.54, 1.807) is 18.2 Å². The van der Waals surface area contributed by atoms with Crippen LogP contribution < -0.4 is 15.5 Å². The lowest BCUT2D eigenvalue weighted by atomic mass is 10.2. The van der Waals surface area contributed by atoms with Crippen LogP contribution in [0, 0.1) is 5.82 Å². The average molecular weight is 338 g/mol. The number of nitrogens with zero attached hydrogens (tertiary/aromatic N) is 4. The largest absolute Gasteiger partial charge is 0.378 e. The molecule has 0 bridgehead atoms. The van der Waals surface area contributed by atoms with Crippen LogP contribution in [-0.4, -0.2) is 29.3 Å². The maximum atomic E-state index is 13.6. The van der Waals surface area contributed by atoms with Gasteiger partial charge in [-0.1, -0.05) is 18.2 Å². The second-order valence-electron chi connectivity index (χ2n) is 5.68. The van der Waals surface area contributed by atoms with Crippen molar-refractivity contribution >= 4 is 23.1 Å². The Morgan fingerprint density at radius 3 is 2.52 bits per heavy atom. The predicted molar refractivity (Wildman–Crippen MR) is 97.6 cm³/mol. The summed E-state index contributed by atoms with van der Waals surface area (Å²) in [5.41, 5.74) is 2.55. The van der Waals surface area contributed by atoms with Crippen molar-refractivity contribution in [2.24, 2.45) is 0 Å². The molecule has 0 radical (unpaired) electrons. The Hall–Kier alpha value is -3.22. The minimum absolute atomic E-state index is 0.266. The molecule has 0 aliphatic carbocycles. The quantitative estimate of drug-likeness (QED) is 0.718. The molecule has 6 nitrogen and oxygen atoms in total. The summed E-state index contributed by atoms with van der Waals surface area (Å²) in [6, 6.07) is 14.5. The van der Waals surface area contributed by atoms with Crippen molar-refractivity contribution < 1.29 is 4.39 Å². The minimum Gasteiger partial charge on any atom is -0.378 e. The Morgan fingerprint density at radius 1 is 1.04 bits per heavy atom. The van der Waals surface area contributed by atoms with Gasteiger partial charge in [-0.25, -0.2) is 4.39 Å². The van der Waals surface area contributed by atoms with Crippen molar-refractivity contribution in [3.8, 4) is 0 Å². The van der Waals surface area contributed by atoms with E-state index in [1.807, 2.05) is 43.3 Å². The zero-order valence-electron chi connectivity index (χ0n) is 14.1. The molecule has 25 heavy (non-hydrogen) atoms. The molecular weight excluding hydrogens is 319 g/mol. The Balaban J connectivity index is 1.66. The standard InChI is InChI=1S/C18H19FN6/c1-25(2)15-9-7-14(8-10-15)22-17-12-21-24-18(23-17)20-11-13-5-3-4-6-16(13)19/h3-10,12H,11H2,1-2H3,(H2,20,22,23,24). The van der Waals surface area contributed by atoms with E-state index < -0.39 is 0 Å². The SMILES string of the molecule is CN(C)c1ccc(Nc2cnnc(NCc3ccccc3F)n2)cc1. The molecule has 0 aliphatic rings. The first-order valence-electron chi connectivity index (χ1n) is 7.83. The van der Waals surface area contributed by atoms with Gasteiger partial charge in [0.05, 0.1) is 6.20 Å². The van der Waals surface area contributed by atoms with Crippen molar-refractivity contribution in [3.63, 3.8) is 0 Å². The molecule has 2 aromatic carbocycles. The molecule has 0 atom stereocenters. The van der Waals surface area contributed by atoms with E-state index in [9.17, 15) is 4.39 Å². The minimum atomic E-state index is -0.266. The lowest BCUT2D eigenvalue weighted by molar-refractivity contribution is 0.612. The Labute approximate surface area is 145 Å². The number of hydrogen-bond donors (Lipinski definition) is 2. The van der Waals surface area contributed by atoms with Gasteiger partial charge in [0.25, 0.3) is 0 Å². The average Bonchev–Trinajstić information content (AvgIpc) is 2.62. The highest BCUT2D eigenvalue weighted by molar-refractivity contribution is 5.60. The summed E-state index contributed by atoms with van der Waals surface area (Å²) in [6.45, 7) is 0.287. The van der Waals surface area contributed by atoms with Crippen LogP contribution in [-0.2, 0) is 6.54 Å². The van der Waals surface area contributed by atoms with Crippen LogP contribution >= 0.6 is 0 Å². The predicted octanol–water partition coefficient (Wildman–Crippen LogP) is 3.43. The smallest absolute Gasteiger partial charge is 0.244 e. The first-order valence-corrected chi connectivity index (χ1v) is 7.83. The van der Waals surface area contributed by atoms with Crippen LogP contribution in [0.2, 0.25) is 0 Å². The normalized spacial score (nSPS) is 10.4. The van der Waals surface area contributed by atoms with E-state index >= 15 is 0 Å². The molecule has 0 unspecified atom stereocenters. The zero-order chi connectivity index (χ0) is 17.6. The van der Waals surface area contributed by atoms with Gasteiger partial charge in [-0.3, -0.25) is 0 Å². The fourth-order valence-electron chi connectivity index (χ4n) is 2.25.